The first-order chi connectivity index (χ1) is 33.2. The Labute approximate surface area is 387 Å². The van der Waals surface area contributed by atoms with Crippen LogP contribution in [0, 0.1) is 0 Å². The number of fused-ring (bicyclic) bond motifs is 14. The molecule has 15 aromatic rings. The molecule has 0 N–H and O–H groups in total. The first-order valence-corrected chi connectivity index (χ1v) is 23.6. The molecule has 15 rings (SSSR count). The third kappa shape index (κ3) is 5.29. The van der Waals surface area contributed by atoms with E-state index in [1.165, 1.54) is 91.0 Å². The van der Waals surface area contributed by atoms with Gasteiger partial charge in [-0.2, -0.15) is 0 Å². The minimum absolute atomic E-state index is 0.719. The average Bonchev–Trinajstić information content (AvgIpc) is 4.05. The molecule has 67 heavy (non-hydrogen) atoms. The van der Waals surface area contributed by atoms with Gasteiger partial charge in [-0.25, -0.2) is 9.97 Å². The Morgan fingerprint density at radius 2 is 0.985 bits per heavy atom. The third-order valence-electron chi connectivity index (χ3n) is 14.0. The number of nitrogens with zero attached hydrogens (tertiary/aromatic N) is 4. The highest BCUT2D eigenvalue weighted by atomic mass is 32.1. The van der Waals surface area contributed by atoms with Gasteiger partial charge in [0.25, 0.3) is 0 Å². The van der Waals surface area contributed by atoms with E-state index in [9.17, 15) is 0 Å². The molecule has 310 valence electrons. The van der Waals surface area contributed by atoms with Gasteiger partial charge in [0.15, 0.2) is 5.82 Å². The average molecular weight is 869 g/mol. The van der Waals surface area contributed by atoms with Gasteiger partial charge >= 0.3 is 0 Å². The molecule has 0 atom stereocenters. The van der Waals surface area contributed by atoms with Gasteiger partial charge in [-0.15, -0.1) is 11.3 Å². The summed E-state index contributed by atoms with van der Waals surface area (Å²) < 4.78 is 7.54. The smallest absolute Gasteiger partial charge is 0.160 e. The van der Waals surface area contributed by atoms with E-state index >= 15 is 0 Å². The van der Waals surface area contributed by atoms with Crippen LogP contribution in [0.1, 0.15) is 0 Å². The molecule has 0 spiro atoms. The fourth-order valence-corrected chi connectivity index (χ4v) is 12.3. The van der Waals surface area contributed by atoms with E-state index < -0.39 is 0 Å². The molecular weight excluding hydrogens is 833 g/mol. The van der Waals surface area contributed by atoms with Crippen LogP contribution in [0.4, 0.5) is 0 Å². The summed E-state index contributed by atoms with van der Waals surface area (Å²) in [5, 5.41) is 15.8. The summed E-state index contributed by atoms with van der Waals surface area (Å²) >= 11 is 1.83. The second-order valence-electron chi connectivity index (χ2n) is 17.7. The second kappa shape index (κ2) is 13.9. The van der Waals surface area contributed by atoms with Crippen LogP contribution in [-0.2, 0) is 0 Å². The minimum atomic E-state index is 0.719. The van der Waals surface area contributed by atoms with E-state index in [-0.39, 0.29) is 0 Å². The third-order valence-corrected chi connectivity index (χ3v) is 15.2. The lowest BCUT2D eigenvalue weighted by atomic mass is 10.00. The van der Waals surface area contributed by atoms with Gasteiger partial charge in [0, 0.05) is 69.3 Å². The Morgan fingerprint density at radius 3 is 1.85 bits per heavy atom. The first kappa shape index (κ1) is 36.7. The van der Waals surface area contributed by atoms with Gasteiger partial charge in [0.2, 0.25) is 0 Å². The van der Waals surface area contributed by atoms with Crippen LogP contribution in [0.3, 0.4) is 0 Å². The molecule has 0 fully saturated rings. The minimum Gasteiger partial charge on any atom is -0.309 e. The lowest BCUT2D eigenvalue weighted by Gasteiger charge is -2.16. The van der Waals surface area contributed by atoms with Crippen LogP contribution < -0.4 is 0 Å². The number of para-hydroxylation sites is 3. The topological polar surface area (TPSA) is 35.6 Å². The van der Waals surface area contributed by atoms with Crippen LogP contribution in [0.15, 0.2) is 218 Å². The lowest BCUT2D eigenvalue weighted by molar-refractivity contribution is 1.18. The molecule has 0 saturated carbocycles. The summed E-state index contributed by atoms with van der Waals surface area (Å²) in [7, 11) is 0. The van der Waals surface area contributed by atoms with Crippen molar-refractivity contribution >= 4 is 118 Å². The van der Waals surface area contributed by atoms with E-state index in [1.54, 1.807) is 0 Å². The van der Waals surface area contributed by atoms with Crippen molar-refractivity contribution in [2.75, 3.05) is 0 Å². The quantitative estimate of drug-likeness (QED) is 0.177. The van der Waals surface area contributed by atoms with E-state index in [0.717, 1.165) is 50.0 Å². The van der Waals surface area contributed by atoms with Crippen LogP contribution in [-0.4, -0.2) is 19.1 Å². The summed E-state index contributed by atoms with van der Waals surface area (Å²) in [6.07, 6.45) is 0. The van der Waals surface area contributed by atoms with Crippen molar-refractivity contribution in [3.05, 3.63) is 218 Å². The van der Waals surface area contributed by atoms with Crippen LogP contribution in [0.5, 0.6) is 0 Å². The van der Waals surface area contributed by atoms with Crippen LogP contribution in [0.2, 0.25) is 0 Å². The van der Waals surface area contributed by atoms with Crippen molar-refractivity contribution in [3.8, 4) is 34.0 Å². The molecular formula is C62H36N4S. The van der Waals surface area contributed by atoms with Gasteiger partial charge < -0.3 is 9.13 Å². The molecule has 0 aliphatic carbocycles. The molecule has 4 heterocycles. The van der Waals surface area contributed by atoms with Crippen molar-refractivity contribution in [1.82, 2.24) is 19.1 Å². The van der Waals surface area contributed by atoms with Crippen molar-refractivity contribution < 1.29 is 0 Å². The highest BCUT2D eigenvalue weighted by Gasteiger charge is 2.24. The highest BCUT2D eigenvalue weighted by Crippen LogP contribution is 2.46. The summed E-state index contributed by atoms with van der Waals surface area (Å²) in [5.41, 5.74) is 11.1. The molecule has 0 aliphatic rings. The van der Waals surface area contributed by atoms with Crippen molar-refractivity contribution in [3.63, 3.8) is 0 Å². The lowest BCUT2D eigenvalue weighted by Crippen LogP contribution is -1.98. The predicted octanol–water partition coefficient (Wildman–Crippen LogP) is 17.0. The fraction of sp³-hybridized carbons (Fsp3) is 0. The Balaban J connectivity index is 0.933. The van der Waals surface area contributed by atoms with Crippen LogP contribution in [0.25, 0.3) is 141 Å². The zero-order valence-electron chi connectivity index (χ0n) is 36.0. The molecule has 0 aliphatic heterocycles. The first-order valence-electron chi connectivity index (χ1n) is 22.8. The van der Waals surface area contributed by atoms with Gasteiger partial charge in [0.05, 0.1) is 39.0 Å². The second-order valence-corrected chi connectivity index (χ2v) is 18.7. The van der Waals surface area contributed by atoms with Gasteiger partial charge in [-0.05, 0) is 87.6 Å². The molecule has 4 aromatic heterocycles. The SMILES string of the molecule is c1ccc2c(-n3c4ccccc4c4c5ccccc5ccc43)c3c4ccccc4n(-c4ccc5cc(-c6nc(-c7cccc8sc9ccccc9c78)c7ccccc7n6)ccc5c4)c3cc2c1. The van der Waals surface area contributed by atoms with Gasteiger partial charge in [-0.3, -0.25) is 0 Å². The van der Waals surface area contributed by atoms with E-state index in [0.29, 0.717) is 0 Å². The van der Waals surface area contributed by atoms with Crippen LogP contribution >= 0.6 is 11.3 Å². The molecule has 5 heteroatoms. The maximum absolute atomic E-state index is 5.41. The summed E-state index contributed by atoms with van der Waals surface area (Å²) in [5.74, 6) is 0.719. The predicted molar refractivity (Wildman–Crippen MR) is 284 cm³/mol. The Morgan fingerprint density at radius 1 is 0.343 bits per heavy atom. The molecule has 0 saturated heterocycles. The maximum atomic E-state index is 5.41. The summed E-state index contributed by atoms with van der Waals surface area (Å²) in [4.78, 5) is 10.6. The van der Waals surface area contributed by atoms with E-state index in [2.05, 4.69) is 228 Å². The molecule has 11 aromatic carbocycles. The number of benzene rings is 11. The highest BCUT2D eigenvalue weighted by molar-refractivity contribution is 7.25. The number of rotatable bonds is 4. The molecule has 0 bridgehead atoms. The molecule has 0 radical (unpaired) electrons. The number of aromatic nitrogens is 4. The molecule has 0 amide bonds. The number of hydrogen-bond donors (Lipinski definition) is 0. The Kier molecular flexibility index (Phi) is 7.63. The van der Waals surface area contributed by atoms with Gasteiger partial charge in [0.1, 0.15) is 0 Å². The zero-order valence-corrected chi connectivity index (χ0v) is 36.8. The van der Waals surface area contributed by atoms with E-state index in [1.807, 2.05) is 11.3 Å². The van der Waals surface area contributed by atoms with Crippen molar-refractivity contribution in [2.24, 2.45) is 0 Å². The standard InChI is InChI=1S/C62H36N4S/c1-3-16-43-37(14-1)31-33-53-57(43)46-19-6-11-25-52(46)66(53)61-44-17-4-2-15-40(44)36-54-59(61)47-20-7-10-24-51(47)65(54)42-32-30-38-34-41(29-28-39(38)35-42)62-63-50-23-9-5-18-45(50)60(64-62)49-22-13-27-56-58(49)48-21-8-12-26-55(48)67-56/h1-36H. The monoisotopic (exact) mass is 868 g/mol. The summed E-state index contributed by atoms with van der Waals surface area (Å²) in [6, 6.07) is 79.7. The Hall–Kier alpha value is -8.64. The van der Waals surface area contributed by atoms with Gasteiger partial charge in [-0.1, -0.05) is 158 Å². The number of thiophene rings is 1. The van der Waals surface area contributed by atoms with Crippen molar-refractivity contribution in [2.45, 2.75) is 0 Å². The molecule has 4 nitrogen and oxygen atoms in total. The van der Waals surface area contributed by atoms with E-state index in [4.69, 9.17) is 9.97 Å². The number of hydrogen-bond acceptors (Lipinski definition) is 3. The largest absolute Gasteiger partial charge is 0.309 e. The van der Waals surface area contributed by atoms with Crippen molar-refractivity contribution in [1.29, 1.82) is 0 Å². The molecule has 0 unspecified atom stereocenters. The fourth-order valence-electron chi connectivity index (χ4n) is 11.2. The summed E-state index contributed by atoms with van der Waals surface area (Å²) in [6.45, 7) is 0. The maximum Gasteiger partial charge on any atom is 0.160 e. The Bertz CT molecular complexity index is 4590. The zero-order chi connectivity index (χ0) is 43.7. The normalized spacial score (nSPS) is 12.2.